The molecule has 16 heavy (non-hydrogen) atoms. The van der Waals surface area contributed by atoms with Crippen molar-refractivity contribution in [3.05, 3.63) is 0 Å². The first-order valence-electron chi connectivity index (χ1n) is 6.06. The Hall–Kier alpha value is -0.570. The summed E-state index contributed by atoms with van der Waals surface area (Å²) in [4.78, 5) is 11.7. The minimum absolute atomic E-state index is 0.104. The highest BCUT2D eigenvalue weighted by molar-refractivity contribution is 5.70. The van der Waals surface area contributed by atoms with Crippen LogP contribution in [0.2, 0.25) is 0 Å². The molecule has 0 aromatic carbocycles. The number of esters is 1. The molecule has 0 aromatic rings. The van der Waals surface area contributed by atoms with Gasteiger partial charge in [-0.05, 0) is 38.0 Å². The molecule has 1 aliphatic rings. The lowest BCUT2D eigenvalue weighted by Crippen LogP contribution is -2.33. The van der Waals surface area contributed by atoms with Gasteiger partial charge in [-0.3, -0.25) is 4.79 Å². The molecule has 0 spiro atoms. The third kappa shape index (κ3) is 4.97. The van der Waals surface area contributed by atoms with Crippen molar-refractivity contribution in [3.8, 4) is 0 Å². The number of rotatable bonds is 4. The Morgan fingerprint density at radius 3 is 2.19 bits per heavy atom. The summed E-state index contributed by atoms with van der Waals surface area (Å²) >= 11 is 0. The van der Waals surface area contributed by atoms with Crippen molar-refractivity contribution in [1.82, 2.24) is 0 Å². The van der Waals surface area contributed by atoms with Gasteiger partial charge in [0.05, 0.1) is 0 Å². The van der Waals surface area contributed by atoms with E-state index in [1.165, 1.54) is 0 Å². The van der Waals surface area contributed by atoms with Crippen molar-refractivity contribution in [2.75, 3.05) is 0 Å². The molecular formula is C13H25NO2. The minimum Gasteiger partial charge on any atom is -0.460 e. The van der Waals surface area contributed by atoms with Gasteiger partial charge in [0.15, 0.2) is 0 Å². The summed E-state index contributed by atoms with van der Waals surface area (Å²) in [6.45, 7) is 10.4. The van der Waals surface area contributed by atoms with Gasteiger partial charge in [-0.1, -0.05) is 20.8 Å². The highest BCUT2D eigenvalue weighted by Crippen LogP contribution is 2.34. The van der Waals surface area contributed by atoms with Crippen molar-refractivity contribution >= 4 is 5.97 Å². The highest BCUT2D eigenvalue weighted by atomic mass is 16.6. The van der Waals surface area contributed by atoms with Gasteiger partial charge in [-0.25, -0.2) is 0 Å². The second-order valence-corrected chi connectivity index (χ2v) is 6.83. The summed E-state index contributed by atoms with van der Waals surface area (Å²) in [5.41, 5.74) is 5.46. The maximum atomic E-state index is 11.7. The van der Waals surface area contributed by atoms with E-state index in [2.05, 4.69) is 20.8 Å². The van der Waals surface area contributed by atoms with E-state index in [0.717, 1.165) is 12.8 Å². The Labute approximate surface area is 98.7 Å². The molecule has 0 bridgehead atoms. The smallest absolute Gasteiger partial charge is 0.306 e. The predicted molar refractivity (Wildman–Crippen MR) is 64.9 cm³/mol. The zero-order valence-electron chi connectivity index (χ0n) is 11.2. The number of nitrogens with two attached hydrogens (primary N) is 1. The Bertz CT molecular complexity index is 266. The highest BCUT2D eigenvalue weighted by Gasteiger charge is 2.37. The molecule has 0 amide bonds. The van der Waals surface area contributed by atoms with Gasteiger partial charge in [0.2, 0.25) is 0 Å². The molecule has 1 fully saturated rings. The molecule has 0 aromatic heterocycles. The second kappa shape index (κ2) is 4.36. The van der Waals surface area contributed by atoms with E-state index >= 15 is 0 Å². The van der Waals surface area contributed by atoms with Crippen LogP contribution >= 0.6 is 0 Å². The molecule has 0 unspecified atom stereocenters. The second-order valence-electron chi connectivity index (χ2n) is 6.83. The van der Waals surface area contributed by atoms with E-state index in [1.807, 2.05) is 13.8 Å². The van der Waals surface area contributed by atoms with Gasteiger partial charge >= 0.3 is 5.97 Å². The minimum atomic E-state index is -0.381. The van der Waals surface area contributed by atoms with Crippen molar-refractivity contribution in [2.24, 2.45) is 17.1 Å². The number of carbonyl (C=O) groups is 1. The average Bonchev–Trinajstić information content (AvgIpc) is 2.57. The van der Waals surface area contributed by atoms with Gasteiger partial charge in [0.1, 0.15) is 5.60 Å². The maximum absolute atomic E-state index is 11.7. The van der Waals surface area contributed by atoms with Crippen LogP contribution in [0.25, 0.3) is 0 Å². The van der Waals surface area contributed by atoms with Crippen molar-refractivity contribution < 1.29 is 9.53 Å². The van der Waals surface area contributed by atoms with Crippen molar-refractivity contribution in [3.63, 3.8) is 0 Å². The first-order valence-corrected chi connectivity index (χ1v) is 6.06. The number of hydrogen-bond acceptors (Lipinski definition) is 3. The molecule has 0 radical (unpaired) electrons. The molecule has 1 aliphatic carbocycles. The fourth-order valence-electron chi connectivity index (χ4n) is 2.38. The van der Waals surface area contributed by atoms with Crippen molar-refractivity contribution in [1.29, 1.82) is 0 Å². The summed E-state index contributed by atoms with van der Waals surface area (Å²) < 4.78 is 5.52. The van der Waals surface area contributed by atoms with E-state index in [4.69, 9.17) is 10.5 Å². The van der Waals surface area contributed by atoms with Crippen LogP contribution in [0.4, 0.5) is 0 Å². The largest absolute Gasteiger partial charge is 0.460 e. The fraction of sp³-hybridized carbons (Fsp3) is 0.923. The molecule has 3 nitrogen and oxygen atoms in total. The van der Waals surface area contributed by atoms with Gasteiger partial charge in [0.25, 0.3) is 0 Å². The molecule has 1 rings (SSSR count). The number of carbonyl (C=O) groups excluding carboxylic acids is 1. The monoisotopic (exact) mass is 227 g/mol. The van der Waals surface area contributed by atoms with Crippen LogP contribution in [-0.2, 0) is 9.53 Å². The summed E-state index contributed by atoms with van der Waals surface area (Å²) in [6.07, 6.45) is 2.31. The first kappa shape index (κ1) is 13.5. The molecule has 2 N–H and O–H groups in total. The quantitative estimate of drug-likeness (QED) is 0.751. The average molecular weight is 227 g/mol. The maximum Gasteiger partial charge on any atom is 0.306 e. The lowest BCUT2D eigenvalue weighted by atomic mass is 9.83. The lowest BCUT2D eigenvalue weighted by Gasteiger charge is -2.32. The Balaban J connectivity index is 2.36. The summed E-state index contributed by atoms with van der Waals surface area (Å²) in [7, 11) is 0. The van der Waals surface area contributed by atoms with E-state index in [-0.39, 0.29) is 23.0 Å². The molecule has 0 saturated heterocycles. The zero-order valence-corrected chi connectivity index (χ0v) is 11.2. The van der Waals surface area contributed by atoms with E-state index in [0.29, 0.717) is 12.3 Å². The number of hydrogen-bond donors (Lipinski definition) is 1. The first-order chi connectivity index (χ1) is 7.09. The van der Waals surface area contributed by atoms with Crippen molar-refractivity contribution in [2.45, 2.75) is 65.5 Å². The fourth-order valence-corrected chi connectivity index (χ4v) is 2.38. The molecule has 0 heterocycles. The van der Waals surface area contributed by atoms with E-state index < -0.39 is 0 Å². The van der Waals surface area contributed by atoms with Gasteiger partial charge in [-0.15, -0.1) is 0 Å². The van der Waals surface area contributed by atoms with Crippen LogP contribution in [0.15, 0.2) is 0 Å². The van der Waals surface area contributed by atoms with Crippen LogP contribution in [0, 0.1) is 11.3 Å². The van der Waals surface area contributed by atoms with E-state index in [9.17, 15) is 4.79 Å². The van der Waals surface area contributed by atoms with Gasteiger partial charge < -0.3 is 10.5 Å². The molecule has 3 heteroatoms. The lowest BCUT2D eigenvalue weighted by molar-refractivity contribution is -0.159. The van der Waals surface area contributed by atoms with Crippen LogP contribution in [0.1, 0.15) is 53.9 Å². The summed E-state index contributed by atoms with van der Waals surface area (Å²) in [5.74, 6) is 0.255. The predicted octanol–water partition coefficient (Wildman–Crippen LogP) is 2.48. The van der Waals surface area contributed by atoms with E-state index in [1.54, 1.807) is 0 Å². The normalized spacial score (nSPS) is 25.4. The third-order valence-corrected chi connectivity index (χ3v) is 2.75. The molecule has 1 saturated carbocycles. The molecule has 0 aliphatic heterocycles. The Kier molecular flexibility index (Phi) is 3.68. The summed E-state index contributed by atoms with van der Waals surface area (Å²) in [6, 6.07) is 0.221. The zero-order chi connectivity index (χ0) is 12.6. The van der Waals surface area contributed by atoms with Crippen LogP contribution in [-0.4, -0.2) is 17.6 Å². The van der Waals surface area contributed by atoms with Gasteiger partial charge in [-0.2, -0.15) is 0 Å². The molecule has 2 atom stereocenters. The van der Waals surface area contributed by atoms with Crippen LogP contribution < -0.4 is 5.73 Å². The Morgan fingerprint density at radius 2 is 1.81 bits per heavy atom. The Morgan fingerprint density at radius 1 is 1.31 bits per heavy atom. The third-order valence-electron chi connectivity index (χ3n) is 2.75. The molecule has 94 valence electrons. The van der Waals surface area contributed by atoms with Gasteiger partial charge in [0, 0.05) is 12.5 Å². The van der Waals surface area contributed by atoms with Crippen LogP contribution in [0.3, 0.4) is 0 Å². The standard InChI is InChI=1S/C13H25NO2/c1-12(2,3)8-13(4,5)16-11(15)7-9-6-10(9)14/h9-10H,6-8,14H2,1-5H3/t9-,10+/m1/s1. The number of ether oxygens (including phenoxy) is 1. The molecular weight excluding hydrogens is 202 g/mol. The topological polar surface area (TPSA) is 52.3 Å². The summed E-state index contributed by atoms with van der Waals surface area (Å²) in [5, 5.41) is 0. The SMILES string of the molecule is CC(C)(C)CC(C)(C)OC(=O)C[C@H]1C[C@@H]1N. The van der Waals surface area contributed by atoms with Crippen LogP contribution in [0.5, 0.6) is 0 Å².